The highest BCUT2D eigenvalue weighted by molar-refractivity contribution is 5.71. The van der Waals surface area contributed by atoms with E-state index in [4.69, 9.17) is 14.2 Å². The van der Waals surface area contributed by atoms with Gasteiger partial charge in [-0.05, 0) is 96.3 Å². The van der Waals surface area contributed by atoms with Crippen LogP contribution in [0.15, 0.2) is 158 Å². The first-order valence-electron chi connectivity index (χ1n) is 27.1. The van der Waals surface area contributed by atoms with Crippen LogP contribution in [-0.4, -0.2) is 37.2 Å². The largest absolute Gasteiger partial charge is 0.462 e. The minimum atomic E-state index is -0.847. The smallest absolute Gasteiger partial charge is 0.306 e. The molecule has 0 spiro atoms. The van der Waals surface area contributed by atoms with Crippen molar-refractivity contribution >= 4 is 17.9 Å². The summed E-state index contributed by atoms with van der Waals surface area (Å²) in [6, 6.07) is 0. The monoisotopic (exact) mass is 949 g/mol. The van der Waals surface area contributed by atoms with Gasteiger partial charge in [-0.15, -0.1) is 0 Å². The Balaban J connectivity index is 4.60. The van der Waals surface area contributed by atoms with Gasteiger partial charge in [-0.1, -0.05) is 243 Å². The number of unbranched alkanes of at least 4 members (excludes halogenated alkanes) is 14. The van der Waals surface area contributed by atoms with Gasteiger partial charge in [0.15, 0.2) is 6.10 Å². The van der Waals surface area contributed by atoms with E-state index >= 15 is 0 Å². The third-order valence-corrected chi connectivity index (χ3v) is 10.7. The molecule has 1 atom stereocenters. The Morgan fingerprint density at radius 2 is 0.681 bits per heavy atom. The molecule has 0 saturated carbocycles. The Morgan fingerprint density at radius 3 is 1.17 bits per heavy atom. The third-order valence-electron chi connectivity index (χ3n) is 10.7. The minimum Gasteiger partial charge on any atom is -0.462 e. The van der Waals surface area contributed by atoms with Gasteiger partial charge in [0.1, 0.15) is 13.2 Å². The predicted octanol–water partition coefficient (Wildman–Crippen LogP) is 18.2. The normalized spacial score (nSPS) is 13.4. The number of ether oxygens (including phenoxy) is 3. The van der Waals surface area contributed by atoms with Crippen molar-refractivity contribution in [1.29, 1.82) is 0 Å². The number of hydrogen-bond donors (Lipinski definition) is 0. The van der Waals surface area contributed by atoms with Crippen LogP contribution in [0.25, 0.3) is 0 Å². The first-order valence-corrected chi connectivity index (χ1v) is 27.1. The summed E-state index contributed by atoms with van der Waals surface area (Å²) in [6.45, 7) is 6.20. The second kappa shape index (κ2) is 55.6. The molecule has 0 fully saturated rings. The number of esters is 3. The number of carbonyl (C=O) groups is 3. The van der Waals surface area contributed by atoms with E-state index in [0.717, 1.165) is 77.0 Å². The lowest BCUT2D eigenvalue weighted by atomic mass is 10.1. The minimum absolute atomic E-state index is 0.147. The molecule has 0 aromatic rings. The zero-order valence-corrected chi connectivity index (χ0v) is 43.8. The van der Waals surface area contributed by atoms with Crippen LogP contribution in [0.5, 0.6) is 0 Å². The number of allylic oxidation sites excluding steroid dienone is 26. The van der Waals surface area contributed by atoms with Crippen molar-refractivity contribution in [1.82, 2.24) is 0 Å². The molecule has 0 radical (unpaired) electrons. The molecule has 0 amide bonds. The highest BCUT2D eigenvalue weighted by atomic mass is 16.6. The second-order valence-corrected chi connectivity index (χ2v) is 17.2. The van der Waals surface area contributed by atoms with Crippen molar-refractivity contribution in [3.63, 3.8) is 0 Å². The van der Waals surface area contributed by atoms with Gasteiger partial charge in [0, 0.05) is 19.3 Å². The van der Waals surface area contributed by atoms with E-state index in [1.807, 2.05) is 66.8 Å². The quantitative estimate of drug-likeness (QED) is 0.0199. The maximum Gasteiger partial charge on any atom is 0.306 e. The Hall–Kier alpha value is -4.97. The standard InChI is InChI=1S/C63H96O6/c1-4-7-10-13-16-19-22-25-27-29-31-33-35-38-41-44-47-50-53-56-62(65)68-59-60(58-67-61(64)55-52-49-46-43-40-37-24-21-18-15-12-9-6-3)69-63(66)57-54-51-48-45-42-39-36-34-32-30-28-26-23-20-17-14-11-8-5-2/h7,9-10,12,15-21,23-27,31,33,37-38,40-41,43,46-47,50,60H,4-6,8,11,13-14,22,28-30,32,34-36,39,42,44-45,48-49,51-59H2,1-3H3/b10-7-,12-9-,18-15-,19-16-,20-17-,24-21-,26-23-,27-25-,33-31-,40-37-,41-38-,46-43-,50-47-. The lowest BCUT2D eigenvalue weighted by Gasteiger charge is -2.18. The molecule has 0 aliphatic heterocycles. The summed E-state index contributed by atoms with van der Waals surface area (Å²) >= 11 is 0. The third kappa shape index (κ3) is 53.8. The fourth-order valence-corrected chi connectivity index (χ4v) is 6.66. The zero-order chi connectivity index (χ0) is 50.0. The summed E-state index contributed by atoms with van der Waals surface area (Å²) < 4.78 is 16.7. The van der Waals surface area contributed by atoms with Crippen molar-refractivity contribution in [2.45, 2.75) is 207 Å². The Bertz CT molecular complexity index is 1610. The van der Waals surface area contributed by atoms with E-state index in [-0.39, 0.29) is 50.4 Å². The Labute approximate surface area is 422 Å². The van der Waals surface area contributed by atoms with Crippen molar-refractivity contribution in [3.8, 4) is 0 Å². The molecule has 1 unspecified atom stereocenters. The van der Waals surface area contributed by atoms with Gasteiger partial charge in [-0.3, -0.25) is 14.4 Å². The van der Waals surface area contributed by atoms with Crippen LogP contribution in [0.2, 0.25) is 0 Å². The van der Waals surface area contributed by atoms with Crippen LogP contribution in [0.1, 0.15) is 201 Å². The molecule has 0 aromatic heterocycles. The molecule has 0 bridgehead atoms. The van der Waals surface area contributed by atoms with Crippen LogP contribution >= 0.6 is 0 Å². The summed E-state index contributed by atoms with van der Waals surface area (Å²) in [5, 5.41) is 0. The van der Waals surface area contributed by atoms with Gasteiger partial charge in [0.25, 0.3) is 0 Å². The molecular weight excluding hydrogens is 853 g/mol. The van der Waals surface area contributed by atoms with Crippen LogP contribution < -0.4 is 0 Å². The Morgan fingerprint density at radius 1 is 0.319 bits per heavy atom. The lowest BCUT2D eigenvalue weighted by Crippen LogP contribution is -2.30. The molecule has 0 rings (SSSR count). The Kier molecular flexibility index (Phi) is 51.6. The molecule has 0 saturated heterocycles. The molecule has 0 aliphatic rings. The molecular formula is C63H96O6. The van der Waals surface area contributed by atoms with Gasteiger partial charge >= 0.3 is 17.9 Å². The molecule has 0 N–H and O–H groups in total. The highest BCUT2D eigenvalue weighted by Gasteiger charge is 2.19. The molecule has 0 heterocycles. The highest BCUT2D eigenvalue weighted by Crippen LogP contribution is 2.14. The van der Waals surface area contributed by atoms with Gasteiger partial charge < -0.3 is 14.2 Å². The summed E-state index contributed by atoms with van der Waals surface area (Å²) in [4.78, 5) is 38.0. The topological polar surface area (TPSA) is 78.9 Å². The van der Waals surface area contributed by atoms with Gasteiger partial charge in [-0.2, -0.15) is 0 Å². The van der Waals surface area contributed by atoms with E-state index < -0.39 is 6.10 Å². The van der Waals surface area contributed by atoms with Crippen LogP contribution in [0.3, 0.4) is 0 Å². The van der Waals surface area contributed by atoms with Crippen LogP contribution in [-0.2, 0) is 28.6 Å². The number of rotatable bonds is 46. The molecule has 6 heteroatoms. The van der Waals surface area contributed by atoms with Crippen molar-refractivity contribution in [3.05, 3.63) is 158 Å². The number of hydrogen-bond acceptors (Lipinski definition) is 6. The summed E-state index contributed by atoms with van der Waals surface area (Å²) in [5.74, 6) is -1.11. The van der Waals surface area contributed by atoms with Crippen LogP contribution in [0, 0.1) is 0 Å². The van der Waals surface area contributed by atoms with E-state index in [9.17, 15) is 14.4 Å². The summed E-state index contributed by atoms with van der Waals surface area (Å²) in [7, 11) is 0. The first-order chi connectivity index (χ1) is 34.0. The first kappa shape index (κ1) is 64.0. The van der Waals surface area contributed by atoms with Gasteiger partial charge in [-0.25, -0.2) is 0 Å². The molecule has 6 nitrogen and oxygen atoms in total. The van der Waals surface area contributed by atoms with Crippen molar-refractivity contribution < 1.29 is 28.6 Å². The molecule has 0 aromatic carbocycles. The number of carbonyl (C=O) groups excluding carboxylic acids is 3. The van der Waals surface area contributed by atoms with Gasteiger partial charge in [0.05, 0.1) is 0 Å². The van der Waals surface area contributed by atoms with Gasteiger partial charge in [0.2, 0.25) is 0 Å². The van der Waals surface area contributed by atoms with Crippen LogP contribution in [0.4, 0.5) is 0 Å². The SMILES string of the molecule is CC\C=C/C=C\C=C/C=C\C=C/CCCC(=O)OCC(COC(=O)CC/C=C\C/C=C\C/C=C\C/C=C\C/C=C\C/C=C\CC)OC(=O)CCCCCCCCCCCC/C=C\C=C/CCCCC. The van der Waals surface area contributed by atoms with Crippen molar-refractivity contribution in [2.24, 2.45) is 0 Å². The molecule has 69 heavy (non-hydrogen) atoms. The fraction of sp³-hybridized carbons (Fsp3) is 0.540. The van der Waals surface area contributed by atoms with E-state index in [1.54, 1.807) is 0 Å². The maximum absolute atomic E-state index is 12.8. The average molecular weight is 949 g/mol. The van der Waals surface area contributed by atoms with Crippen molar-refractivity contribution in [2.75, 3.05) is 13.2 Å². The zero-order valence-electron chi connectivity index (χ0n) is 43.8. The second-order valence-electron chi connectivity index (χ2n) is 17.2. The molecule has 384 valence electrons. The van der Waals surface area contributed by atoms with E-state index in [2.05, 4.69) is 112 Å². The van der Waals surface area contributed by atoms with E-state index in [1.165, 1.54) is 70.6 Å². The summed E-state index contributed by atoms with van der Waals surface area (Å²) in [5.41, 5.74) is 0. The lowest BCUT2D eigenvalue weighted by molar-refractivity contribution is -0.166. The summed E-state index contributed by atoms with van der Waals surface area (Å²) in [6.07, 6.45) is 81.1. The van der Waals surface area contributed by atoms with E-state index in [0.29, 0.717) is 12.8 Å². The average Bonchev–Trinajstić information content (AvgIpc) is 3.35. The predicted molar refractivity (Wildman–Crippen MR) is 297 cm³/mol. The fourth-order valence-electron chi connectivity index (χ4n) is 6.66. The molecule has 0 aliphatic carbocycles. The maximum atomic E-state index is 12.8.